The van der Waals surface area contributed by atoms with Gasteiger partial charge in [-0.3, -0.25) is 4.79 Å². The largest absolute Gasteiger partial charge is 0.480 e. The molecular weight excluding hydrogens is 198 g/mol. The number of carbonyl (C=O) groups is 2. The van der Waals surface area contributed by atoms with Crippen molar-refractivity contribution in [2.24, 2.45) is 0 Å². The Morgan fingerprint density at radius 1 is 1.53 bits per heavy atom. The van der Waals surface area contributed by atoms with Crippen molar-refractivity contribution in [3.05, 3.63) is 12.7 Å². The fourth-order valence-corrected chi connectivity index (χ4v) is 0.584. The van der Waals surface area contributed by atoms with E-state index in [0.717, 1.165) is 19.4 Å². The molecule has 0 heterocycles. The molecule has 0 bridgehead atoms. The Hall–Kier alpha value is -1.36. The molecule has 0 aromatic rings. The van der Waals surface area contributed by atoms with Crippen LogP contribution in [-0.4, -0.2) is 37.2 Å². The van der Waals surface area contributed by atoms with Crippen molar-refractivity contribution in [1.29, 1.82) is 0 Å². The second-order valence-electron chi connectivity index (χ2n) is 2.68. The molecule has 5 heteroatoms. The number of rotatable bonds is 6. The summed E-state index contributed by atoms with van der Waals surface area (Å²) in [5, 5.41) is 10.5. The first-order valence-corrected chi connectivity index (χ1v) is 4.69. The molecule has 0 spiro atoms. The van der Waals surface area contributed by atoms with Gasteiger partial charge in [-0.15, -0.1) is 0 Å². The minimum absolute atomic E-state index is 0.0801. The fraction of sp³-hybridized carbons (Fsp3) is 0.600. The highest BCUT2D eigenvalue weighted by molar-refractivity contribution is 5.86. The van der Waals surface area contributed by atoms with E-state index in [0.29, 0.717) is 0 Å². The molecule has 0 aromatic carbocycles. The van der Waals surface area contributed by atoms with Gasteiger partial charge in [-0.2, -0.15) is 0 Å². The lowest BCUT2D eigenvalue weighted by atomic mass is 10.3. The first kappa shape index (κ1) is 16.1. The first-order valence-electron chi connectivity index (χ1n) is 4.69. The third-order valence-electron chi connectivity index (χ3n) is 1.28. The van der Waals surface area contributed by atoms with E-state index < -0.39 is 5.97 Å². The van der Waals surface area contributed by atoms with Crippen molar-refractivity contribution in [2.45, 2.75) is 19.8 Å². The van der Waals surface area contributed by atoms with Gasteiger partial charge in [0.05, 0.1) is 0 Å². The summed E-state index contributed by atoms with van der Waals surface area (Å²) < 4.78 is 4.20. The predicted octanol–water partition coefficient (Wildman–Crippen LogP) is 0.806. The van der Waals surface area contributed by atoms with Crippen LogP contribution in [0.3, 0.4) is 0 Å². The highest BCUT2D eigenvalue weighted by Gasteiger charge is 1.89. The lowest BCUT2D eigenvalue weighted by Gasteiger charge is -1.97. The van der Waals surface area contributed by atoms with E-state index in [-0.39, 0.29) is 12.5 Å². The number of amides is 1. The van der Waals surface area contributed by atoms with E-state index in [1.807, 2.05) is 0 Å². The second-order valence-corrected chi connectivity index (χ2v) is 2.68. The molecule has 2 N–H and O–H groups in total. The maximum absolute atomic E-state index is 10.5. The van der Waals surface area contributed by atoms with Gasteiger partial charge < -0.3 is 15.2 Å². The Morgan fingerprint density at radius 2 is 2.13 bits per heavy atom. The Bertz CT molecular complexity index is 192. The molecule has 0 fully saturated rings. The Kier molecular flexibility index (Phi) is 13.6. The van der Waals surface area contributed by atoms with Crippen molar-refractivity contribution in [2.75, 3.05) is 20.3 Å². The molecular formula is C10H19NO4. The number of carbonyl (C=O) groups excluding carboxylic acids is 1. The summed E-state index contributed by atoms with van der Waals surface area (Å²) in [6.45, 7) is 5.97. The first-order chi connectivity index (χ1) is 7.08. The van der Waals surface area contributed by atoms with E-state index in [4.69, 9.17) is 5.11 Å². The standard InChI is InChI=1S/C7H13NO.C3H6O3/c1-3-5-6-8-7(9)4-2;1-6-2-3(4)5/h4H,2-3,5-6H2,1H3,(H,8,9);2H2,1H3,(H,4,5). The average molecular weight is 217 g/mol. The summed E-state index contributed by atoms with van der Waals surface area (Å²) in [6.07, 6.45) is 3.44. The van der Waals surface area contributed by atoms with Crippen LogP contribution in [0.1, 0.15) is 19.8 Å². The summed E-state index contributed by atoms with van der Waals surface area (Å²) in [5.41, 5.74) is 0. The fourth-order valence-electron chi connectivity index (χ4n) is 0.584. The Balaban J connectivity index is 0. The van der Waals surface area contributed by atoms with E-state index in [1.165, 1.54) is 13.2 Å². The van der Waals surface area contributed by atoms with E-state index in [1.54, 1.807) is 0 Å². The van der Waals surface area contributed by atoms with Gasteiger partial charge in [0.2, 0.25) is 5.91 Å². The van der Waals surface area contributed by atoms with Gasteiger partial charge in [-0.05, 0) is 12.5 Å². The monoisotopic (exact) mass is 217 g/mol. The summed E-state index contributed by atoms with van der Waals surface area (Å²) in [6, 6.07) is 0. The minimum atomic E-state index is -0.933. The third-order valence-corrected chi connectivity index (χ3v) is 1.28. The number of hydrogen-bond acceptors (Lipinski definition) is 3. The molecule has 15 heavy (non-hydrogen) atoms. The minimum Gasteiger partial charge on any atom is -0.480 e. The molecule has 0 aliphatic carbocycles. The van der Waals surface area contributed by atoms with Crippen molar-refractivity contribution < 1.29 is 19.4 Å². The van der Waals surface area contributed by atoms with Crippen molar-refractivity contribution in [3.63, 3.8) is 0 Å². The van der Waals surface area contributed by atoms with Crippen LogP contribution in [0.2, 0.25) is 0 Å². The van der Waals surface area contributed by atoms with Crippen LogP contribution in [0.15, 0.2) is 12.7 Å². The molecule has 0 atom stereocenters. The van der Waals surface area contributed by atoms with E-state index in [2.05, 4.69) is 23.6 Å². The summed E-state index contributed by atoms with van der Waals surface area (Å²) >= 11 is 0. The molecule has 0 saturated heterocycles. The molecule has 5 nitrogen and oxygen atoms in total. The number of hydrogen-bond donors (Lipinski definition) is 2. The molecule has 0 unspecified atom stereocenters. The van der Waals surface area contributed by atoms with Gasteiger partial charge in [-0.1, -0.05) is 19.9 Å². The zero-order chi connectivity index (χ0) is 12.1. The number of ether oxygens (including phenoxy) is 1. The topological polar surface area (TPSA) is 75.6 Å². The van der Waals surface area contributed by atoms with Crippen molar-refractivity contribution in [1.82, 2.24) is 5.32 Å². The lowest BCUT2D eigenvalue weighted by molar-refractivity contribution is -0.141. The summed E-state index contributed by atoms with van der Waals surface area (Å²) in [7, 11) is 1.34. The van der Waals surface area contributed by atoms with Gasteiger partial charge >= 0.3 is 5.97 Å². The molecule has 0 radical (unpaired) electrons. The highest BCUT2D eigenvalue weighted by Crippen LogP contribution is 1.81. The van der Waals surface area contributed by atoms with Gasteiger partial charge in [-0.25, -0.2) is 4.79 Å². The number of nitrogens with one attached hydrogen (secondary N) is 1. The van der Waals surface area contributed by atoms with Gasteiger partial charge in [0, 0.05) is 13.7 Å². The number of aliphatic carboxylic acids is 1. The van der Waals surface area contributed by atoms with Gasteiger partial charge in [0.25, 0.3) is 0 Å². The SMILES string of the molecule is C=CC(=O)NCCCC.COCC(=O)O. The van der Waals surface area contributed by atoms with Crippen LogP contribution in [-0.2, 0) is 14.3 Å². The normalized spacial score (nSPS) is 8.40. The molecule has 0 aliphatic rings. The number of methoxy groups -OCH3 is 1. The maximum atomic E-state index is 10.5. The second kappa shape index (κ2) is 12.6. The molecule has 0 aromatic heterocycles. The van der Waals surface area contributed by atoms with Crippen LogP contribution in [0.4, 0.5) is 0 Å². The van der Waals surface area contributed by atoms with E-state index in [9.17, 15) is 9.59 Å². The molecule has 1 amide bonds. The Labute approximate surface area is 90.1 Å². The Morgan fingerprint density at radius 3 is 2.40 bits per heavy atom. The van der Waals surface area contributed by atoms with Crippen molar-refractivity contribution in [3.8, 4) is 0 Å². The third kappa shape index (κ3) is 19.2. The summed E-state index contributed by atoms with van der Waals surface area (Å²) in [5.74, 6) is -1.01. The number of carboxylic acid groups (broad SMARTS) is 1. The molecule has 0 aliphatic heterocycles. The van der Waals surface area contributed by atoms with Crippen LogP contribution in [0.25, 0.3) is 0 Å². The predicted molar refractivity (Wildman–Crippen MR) is 57.6 cm³/mol. The lowest BCUT2D eigenvalue weighted by Crippen LogP contribution is -2.21. The van der Waals surface area contributed by atoms with Gasteiger partial charge in [0.15, 0.2) is 0 Å². The highest BCUT2D eigenvalue weighted by atomic mass is 16.5. The molecule has 88 valence electrons. The van der Waals surface area contributed by atoms with E-state index >= 15 is 0 Å². The molecule has 0 rings (SSSR count). The average Bonchev–Trinajstić information content (AvgIpc) is 2.18. The maximum Gasteiger partial charge on any atom is 0.329 e. The van der Waals surface area contributed by atoms with Crippen molar-refractivity contribution >= 4 is 11.9 Å². The quantitative estimate of drug-likeness (QED) is 0.510. The molecule has 0 saturated carbocycles. The van der Waals surface area contributed by atoms with Crippen LogP contribution < -0.4 is 5.32 Å². The smallest absolute Gasteiger partial charge is 0.329 e. The summed E-state index contributed by atoms with van der Waals surface area (Å²) in [4.78, 5) is 19.9. The zero-order valence-electron chi connectivity index (χ0n) is 9.28. The number of carboxylic acids is 1. The van der Waals surface area contributed by atoms with Crippen LogP contribution in [0, 0.1) is 0 Å². The zero-order valence-corrected chi connectivity index (χ0v) is 9.28. The number of unbranched alkanes of at least 4 members (excludes halogenated alkanes) is 1. The van der Waals surface area contributed by atoms with Crippen LogP contribution in [0.5, 0.6) is 0 Å². The van der Waals surface area contributed by atoms with Crippen LogP contribution >= 0.6 is 0 Å². The van der Waals surface area contributed by atoms with Gasteiger partial charge in [0.1, 0.15) is 6.61 Å².